The third kappa shape index (κ3) is 5.77. The monoisotopic (exact) mass is 375 g/mol. The van der Waals surface area contributed by atoms with Crippen LogP contribution in [0.2, 0.25) is 0 Å². The quantitative estimate of drug-likeness (QED) is 0.548. The Morgan fingerprint density at radius 2 is 1.74 bits per heavy atom. The summed E-state index contributed by atoms with van der Waals surface area (Å²) in [6.07, 6.45) is 0. The van der Waals surface area contributed by atoms with Gasteiger partial charge in [0, 0.05) is 24.7 Å². The largest absolute Gasteiger partial charge is 0.497 e. The summed E-state index contributed by atoms with van der Waals surface area (Å²) in [5.41, 5.74) is 1.73. The standard InChI is InChI=1S/C20H26FN3O3/c1-5-22-20(23-12-14-6-9-18(26-3)17(21)10-14)24-13-15-7-8-16(25-2)11-19(15)27-4/h6-11H,5,12-13H2,1-4H3,(H2,22,23,24). The van der Waals surface area contributed by atoms with Gasteiger partial charge in [-0.15, -0.1) is 0 Å². The maximum Gasteiger partial charge on any atom is 0.191 e. The van der Waals surface area contributed by atoms with E-state index < -0.39 is 5.82 Å². The highest BCUT2D eigenvalue weighted by molar-refractivity contribution is 5.79. The highest BCUT2D eigenvalue weighted by Crippen LogP contribution is 2.24. The van der Waals surface area contributed by atoms with Crippen LogP contribution in [0.15, 0.2) is 41.4 Å². The molecule has 0 radical (unpaired) electrons. The Morgan fingerprint density at radius 1 is 0.963 bits per heavy atom. The molecule has 2 N–H and O–H groups in total. The van der Waals surface area contributed by atoms with E-state index in [9.17, 15) is 4.39 Å². The molecule has 27 heavy (non-hydrogen) atoms. The predicted molar refractivity (Wildman–Crippen MR) is 104 cm³/mol. The molecule has 6 nitrogen and oxygen atoms in total. The van der Waals surface area contributed by atoms with Gasteiger partial charge >= 0.3 is 0 Å². The van der Waals surface area contributed by atoms with E-state index >= 15 is 0 Å². The lowest BCUT2D eigenvalue weighted by Crippen LogP contribution is -2.36. The Morgan fingerprint density at radius 3 is 2.37 bits per heavy atom. The molecule has 0 spiro atoms. The molecule has 2 aromatic carbocycles. The van der Waals surface area contributed by atoms with Crippen LogP contribution < -0.4 is 24.8 Å². The van der Waals surface area contributed by atoms with Crippen LogP contribution in [0.25, 0.3) is 0 Å². The van der Waals surface area contributed by atoms with Gasteiger partial charge in [-0.3, -0.25) is 0 Å². The summed E-state index contributed by atoms with van der Waals surface area (Å²) in [7, 11) is 4.68. The molecule has 0 heterocycles. The molecule has 7 heteroatoms. The van der Waals surface area contributed by atoms with Crippen LogP contribution in [-0.2, 0) is 13.1 Å². The van der Waals surface area contributed by atoms with E-state index in [1.165, 1.54) is 13.2 Å². The van der Waals surface area contributed by atoms with Gasteiger partial charge in [-0.25, -0.2) is 9.38 Å². The topological polar surface area (TPSA) is 64.1 Å². The minimum Gasteiger partial charge on any atom is -0.497 e. The van der Waals surface area contributed by atoms with E-state index in [4.69, 9.17) is 14.2 Å². The molecule has 0 saturated carbocycles. The van der Waals surface area contributed by atoms with Gasteiger partial charge in [0.05, 0.1) is 27.9 Å². The smallest absolute Gasteiger partial charge is 0.191 e. The van der Waals surface area contributed by atoms with Crippen molar-refractivity contribution in [2.75, 3.05) is 27.9 Å². The molecular formula is C20H26FN3O3. The van der Waals surface area contributed by atoms with E-state index in [2.05, 4.69) is 15.6 Å². The number of hydrogen-bond acceptors (Lipinski definition) is 4. The van der Waals surface area contributed by atoms with Crippen molar-refractivity contribution in [1.29, 1.82) is 0 Å². The van der Waals surface area contributed by atoms with Crippen molar-refractivity contribution in [3.63, 3.8) is 0 Å². The van der Waals surface area contributed by atoms with Crippen molar-refractivity contribution in [1.82, 2.24) is 10.6 Å². The second-order valence-corrected chi connectivity index (χ2v) is 5.70. The molecule has 0 aliphatic heterocycles. The highest BCUT2D eigenvalue weighted by atomic mass is 19.1. The van der Waals surface area contributed by atoms with Crippen molar-refractivity contribution in [2.24, 2.45) is 4.99 Å². The Kier molecular flexibility index (Phi) is 7.73. The summed E-state index contributed by atoms with van der Waals surface area (Å²) in [5, 5.41) is 6.43. The number of nitrogens with one attached hydrogen (secondary N) is 2. The van der Waals surface area contributed by atoms with E-state index in [1.54, 1.807) is 26.4 Å². The Labute approximate surface area is 159 Å². The zero-order valence-electron chi connectivity index (χ0n) is 16.1. The van der Waals surface area contributed by atoms with Gasteiger partial charge < -0.3 is 24.8 Å². The molecular weight excluding hydrogens is 349 g/mol. The van der Waals surface area contributed by atoms with E-state index in [1.807, 2.05) is 25.1 Å². The number of benzene rings is 2. The van der Waals surface area contributed by atoms with Crippen LogP contribution in [0.1, 0.15) is 18.1 Å². The lowest BCUT2D eigenvalue weighted by Gasteiger charge is -2.14. The number of nitrogens with zero attached hydrogens (tertiary/aromatic N) is 1. The lowest BCUT2D eigenvalue weighted by atomic mass is 10.2. The number of rotatable bonds is 8. The molecule has 146 valence electrons. The predicted octanol–water partition coefficient (Wildman–Crippen LogP) is 3.11. The number of methoxy groups -OCH3 is 3. The number of halogens is 1. The van der Waals surface area contributed by atoms with Gasteiger partial charge in [-0.2, -0.15) is 0 Å². The first kappa shape index (κ1) is 20.4. The maximum absolute atomic E-state index is 13.8. The minimum absolute atomic E-state index is 0.222. The Hall–Kier alpha value is -2.96. The fourth-order valence-corrected chi connectivity index (χ4v) is 2.50. The lowest BCUT2D eigenvalue weighted by molar-refractivity contribution is 0.386. The van der Waals surface area contributed by atoms with Gasteiger partial charge in [0.25, 0.3) is 0 Å². The third-order valence-corrected chi connectivity index (χ3v) is 3.92. The Balaban J connectivity index is 2.06. The van der Waals surface area contributed by atoms with Crippen LogP contribution in [0.4, 0.5) is 4.39 Å². The molecule has 0 aliphatic carbocycles. The van der Waals surface area contributed by atoms with Gasteiger partial charge in [-0.05, 0) is 36.8 Å². The first-order valence-corrected chi connectivity index (χ1v) is 8.66. The SMILES string of the molecule is CCNC(=NCc1ccc(OC)c(F)c1)NCc1ccc(OC)cc1OC. The molecule has 0 bridgehead atoms. The van der Waals surface area contributed by atoms with Crippen LogP contribution in [0, 0.1) is 5.82 Å². The second kappa shape index (κ2) is 10.3. The highest BCUT2D eigenvalue weighted by Gasteiger charge is 2.07. The van der Waals surface area contributed by atoms with Gasteiger partial charge in [-0.1, -0.05) is 6.07 Å². The number of ether oxygens (including phenoxy) is 3. The van der Waals surface area contributed by atoms with Crippen molar-refractivity contribution >= 4 is 5.96 Å². The van der Waals surface area contributed by atoms with E-state index in [-0.39, 0.29) is 5.75 Å². The number of aliphatic imine (C=N–C) groups is 1. The zero-order valence-corrected chi connectivity index (χ0v) is 16.1. The van der Waals surface area contributed by atoms with Crippen LogP contribution in [-0.4, -0.2) is 33.8 Å². The average Bonchev–Trinajstić information content (AvgIpc) is 2.70. The van der Waals surface area contributed by atoms with Crippen LogP contribution in [0.5, 0.6) is 17.2 Å². The maximum atomic E-state index is 13.8. The summed E-state index contributed by atoms with van der Waals surface area (Å²) >= 11 is 0. The molecule has 2 rings (SSSR count). The second-order valence-electron chi connectivity index (χ2n) is 5.70. The van der Waals surface area contributed by atoms with Crippen molar-refractivity contribution in [3.8, 4) is 17.2 Å². The summed E-state index contributed by atoms with van der Waals surface area (Å²) in [5.74, 6) is 1.92. The number of hydrogen-bond donors (Lipinski definition) is 2. The first-order chi connectivity index (χ1) is 13.1. The molecule has 0 aromatic heterocycles. The van der Waals surface area contributed by atoms with Gasteiger partial charge in [0.15, 0.2) is 17.5 Å². The zero-order chi connectivity index (χ0) is 19.6. The summed E-state index contributed by atoms with van der Waals surface area (Å²) in [6.45, 7) is 3.56. The molecule has 0 amide bonds. The molecule has 0 saturated heterocycles. The van der Waals surface area contributed by atoms with Crippen molar-refractivity contribution in [2.45, 2.75) is 20.0 Å². The summed E-state index contributed by atoms with van der Waals surface area (Å²) < 4.78 is 29.4. The minimum atomic E-state index is -0.397. The van der Waals surface area contributed by atoms with Crippen LogP contribution >= 0.6 is 0 Å². The molecule has 0 aliphatic rings. The summed E-state index contributed by atoms with van der Waals surface area (Å²) in [4.78, 5) is 4.51. The van der Waals surface area contributed by atoms with Gasteiger partial charge in [0.1, 0.15) is 11.5 Å². The molecule has 0 fully saturated rings. The fourth-order valence-electron chi connectivity index (χ4n) is 2.50. The third-order valence-electron chi connectivity index (χ3n) is 3.92. The van der Waals surface area contributed by atoms with E-state index in [0.29, 0.717) is 25.6 Å². The average molecular weight is 375 g/mol. The van der Waals surface area contributed by atoms with Crippen LogP contribution in [0.3, 0.4) is 0 Å². The normalized spacial score (nSPS) is 11.1. The number of guanidine groups is 1. The first-order valence-electron chi connectivity index (χ1n) is 8.66. The van der Waals surface area contributed by atoms with Gasteiger partial charge in [0.2, 0.25) is 0 Å². The van der Waals surface area contributed by atoms with E-state index in [0.717, 1.165) is 22.6 Å². The molecule has 0 unspecified atom stereocenters. The molecule has 2 aromatic rings. The van der Waals surface area contributed by atoms with Crippen molar-refractivity contribution in [3.05, 3.63) is 53.3 Å². The Bertz CT molecular complexity index is 781. The fraction of sp³-hybridized carbons (Fsp3) is 0.350. The summed E-state index contributed by atoms with van der Waals surface area (Å²) in [6, 6.07) is 10.5. The van der Waals surface area contributed by atoms with Crippen molar-refractivity contribution < 1.29 is 18.6 Å². The molecule has 0 atom stereocenters.